The van der Waals surface area contributed by atoms with Gasteiger partial charge in [0.1, 0.15) is 5.75 Å². The highest BCUT2D eigenvalue weighted by atomic mass is 79.9. The van der Waals surface area contributed by atoms with Crippen LogP contribution >= 0.6 is 15.9 Å². The number of carbonyl (C=O) groups excluding carboxylic acids is 4. The number of nitrogens with one attached hydrogen (secondary N) is 3. The summed E-state index contributed by atoms with van der Waals surface area (Å²) in [5.41, 5.74) is 3.72. The second-order valence-corrected chi connectivity index (χ2v) is 24.0. The SMILES string of the molecule is Cc1cc(Br)c(Nc2ccc(O)c3c2C(=O)c2ccccc2C3=O)cc1CCOC(=O)NC1CC(C)(C)CC(C)(CNC(=O)OCC2(C)CCC3(C)C(CCC4CC(C(C)C)CCC43)C2)C1. The fourth-order valence-electron chi connectivity index (χ4n) is 13.7. The lowest BCUT2D eigenvalue weighted by Crippen LogP contribution is -2.52. The van der Waals surface area contributed by atoms with E-state index in [-0.39, 0.29) is 63.2 Å². The summed E-state index contributed by atoms with van der Waals surface area (Å²) in [5, 5.41) is 20.3. The Balaban J connectivity index is 0.816. The average molecular weight is 967 g/mol. The number of aromatic hydroxyl groups is 1. The predicted molar refractivity (Wildman–Crippen MR) is 263 cm³/mol. The highest BCUT2D eigenvalue weighted by Gasteiger charge is 2.54. The number of phenols is 1. The first kappa shape index (κ1) is 48.1. The number of hydrogen-bond acceptors (Lipinski definition) is 8. The van der Waals surface area contributed by atoms with Gasteiger partial charge in [-0.1, -0.05) is 72.7 Å². The van der Waals surface area contributed by atoms with E-state index in [9.17, 15) is 24.3 Å². The number of anilines is 2. The Hall–Kier alpha value is -4.38. The molecule has 0 bridgehead atoms. The molecule has 4 fully saturated rings. The molecule has 3 aromatic rings. The molecule has 0 aliphatic heterocycles. The molecule has 8 atom stereocenters. The lowest BCUT2D eigenvalue weighted by Gasteiger charge is -2.59. The minimum absolute atomic E-state index is 0.00341. The van der Waals surface area contributed by atoms with Crippen molar-refractivity contribution in [2.24, 2.45) is 51.2 Å². The van der Waals surface area contributed by atoms with Crippen molar-refractivity contribution in [1.29, 1.82) is 0 Å². The summed E-state index contributed by atoms with van der Waals surface area (Å²) in [4.78, 5) is 53.7. The maximum absolute atomic E-state index is 13.7. The van der Waals surface area contributed by atoms with Gasteiger partial charge in [-0.05, 0) is 175 Å². The number of ketones is 2. The monoisotopic (exact) mass is 965 g/mol. The smallest absolute Gasteiger partial charge is 0.407 e. The molecule has 3 aromatic carbocycles. The summed E-state index contributed by atoms with van der Waals surface area (Å²) in [7, 11) is 0. The molecule has 8 rings (SSSR count). The maximum Gasteiger partial charge on any atom is 0.407 e. The molecule has 356 valence electrons. The normalized spacial score (nSPS) is 30.0. The predicted octanol–water partition coefficient (Wildman–Crippen LogP) is 12.9. The molecule has 0 spiro atoms. The summed E-state index contributed by atoms with van der Waals surface area (Å²) in [6.45, 7) is 19.4. The molecule has 66 heavy (non-hydrogen) atoms. The van der Waals surface area contributed by atoms with Gasteiger partial charge >= 0.3 is 12.2 Å². The number of halogens is 1. The van der Waals surface area contributed by atoms with Crippen LogP contribution in [-0.2, 0) is 15.9 Å². The highest BCUT2D eigenvalue weighted by Crippen LogP contribution is 2.63. The third-order valence-corrected chi connectivity index (χ3v) is 17.6. The van der Waals surface area contributed by atoms with Crippen LogP contribution in [0.3, 0.4) is 0 Å². The summed E-state index contributed by atoms with van der Waals surface area (Å²) in [6, 6.07) is 13.4. The summed E-state index contributed by atoms with van der Waals surface area (Å²) in [6.07, 6.45) is 12.3. The molecule has 5 aliphatic rings. The third-order valence-electron chi connectivity index (χ3n) is 17.0. The Kier molecular flexibility index (Phi) is 13.6. The molecule has 0 saturated heterocycles. The Bertz CT molecular complexity index is 2380. The van der Waals surface area contributed by atoms with Crippen molar-refractivity contribution in [3.8, 4) is 5.75 Å². The molecule has 2 amide bonds. The molecule has 0 radical (unpaired) electrons. The Morgan fingerprint density at radius 2 is 1.56 bits per heavy atom. The van der Waals surface area contributed by atoms with Crippen LogP contribution in [0.2, 0.25) is 0 Å². The number of hydrogen-bond donors (Lipinski definition) is 4. The van der Waals surface area contributed by atoms with Crippen LogP contribution in [0.15, 0.2) is 53.0 Å². The molecule has 10 nitrogen and oxygen atoms in total. The Morgan fingerprint density at radius 1 is 0.833 bits per heavy atom. The van der Waals surface area contributed by atoms with Gasteiger partial charge < -0.3 is 30.5 Å². The zero-order chi connectivity index (χ0) is 47.3. The molecule has 0 aromatic heterocycles. The molecule has 4 N–H and O–H groups in total. The van der Waals surface area contributed by atoms with Crippen molar-refractivity contribution in [2.75, 3.05) is 25.1 Å². The average Bonchev–Trinajstić information content (AvgIpc) is 3.25. The number of alkyl carbamates (subject to hydrolysis) is 2. The molecule has 8 unspecified atom stereocenters. The van der Waals surface area contributed by atoms with Crippen LogP contribution in [0.4, 0.5) is 21.0 Å². The first-order valence-corrected chi connectivity index (χ1v) is 25.4. The van der Waals surface area contributed by atoms with Crippen LogP contribution < -0.4 is 16.0 Å². The molecular weight excluding hydrogens is 895 g/mol. The van der Waals surface area contributed by atoms with Gasteiger partial charge in [-0.15, -0.1) is 0 Å². The second kappa shape index (κ2) is 18.6. The highest BCUT2D eigenvalue weighted by molar-refractivity contribution is 9.10. The van der Waals surface area contributed by atoms with Crippen molar-refractivity contribution in [3.05, 3.63) is 86.4 Å². The second-order valence-electron chi connectivity index (χ2n) is 23.2. The van der Waals surface area contributed by atoms with Crippen LogP contribution in [0.25, 0.3) is 0 Å². The molecule has 5 aliphatic carbocycles. The van der Waals surface area contributed by atoms with Gasteiger partial charge in [0.2, 0.25) is 0 Å². The molecular formula is C55H72BrN3O7. The van der Waals surface area contributed by atoms with E-state index in [4.69, 9.17) is 9.47 Å². The number of amides is 2. The summed E-state index contributed by atoms with van der Waals surface area (Å²) < 4.78 is 12.5. The first-order chi connectivity index (χ1) is 31.2. The van der Waals surface area contributed by atoms with Gasteiger partial charge in [-0.3, -0.25) is 9.59 Å². The van der Waals surface area contributed by atoms with Gasteiger partial charge in [0, 0.05) is 40.0 Å². The Labute approximate surface area is 400 Å². The quantitative estimate of drug-likeness (QED) is 0.109. The van der Waals surface area contributed by atoms with Crippen molar-refractivity contribution in [1.82, 2.24) is 10.6 Å². The number of ether oxygens (including phenoxy) is 2. The minimum Gasteiger partial charge on any atom is -0.507 e. The van der Waals surface area contributed by atoms with Crippen LogP contribution in [-0.4, -0.2) is 54.7 Å². The maximum atomic E-state index is 13.7. The van der Waals surface area contributed by atoms with Gasteiger partial charge in [0.25, 0.3) is 0 Å². The van der Waals surface area contributed by atoms with Crippen LogP contribution in [0, 0.1) is 58.2 Å². The standard InChI is InChI=1S/C55H72BrN3O7/c1-32(2)34-14-16-41-36(24-34)13-15-37-26-53(6,20-21-55(37,41)8)31-66-50(63)57-30-54(7)28-38(27-52(4,5)29-54)58-51(64)65-22-19-35-25-44(42(56)23-33(35)3)59-43-17-18-45(60)47-46(43)48(61)39-11-9-10-12-40(39)49(47)62/h9-12,17-18,23,25,32,34,36-38,41,59-60H,13-16,19-22,24,26-31H2,1-8H3,(H,57,63)(H,58,64). The first-order valence-electron chi connectivity index (χ1n) is 24.6. The van der Waals surface area contributed by atoms with Crippen LogP contribution in [0.5, 0.6) is 5.75 Å². The van der Waals surface area contributed by atoms with E-state index in [2.05, 4.69) is 80.3 Å². The van der Waals surface area contributed by atoms with E-state index in [1.54, 1.807) is 30.3 Å². The van der Waals surface area contributed by atoms with E-state index in [0.717, 1.165) is 65.0 Å². The molecule has 11 heteroatoms. The number of rotatable bonds is 11. The van der Waals surface area contributed by atoms with Crippen molar-refractivity contribution >= 4 is 51.1 Å². The van der Waals surface area contributed by atoms with Crippen molar-refractivity contribution < 1.29 is 33.8 Å². The number of phenolic OH excluding ortho intramolecular Hbond substituents is 1. The lowest BCUT2D eigenvalue weighted by atomic mass is 9.46. The number of aryl methyl sites for hydroxylation is 1. The molecule has 0 heterocycles. The minimum atomic E-state index is -0.478. The van der Waals surface area contributed by atoms with E-state index in [1.807, 2.05) is 19.1 Å². The van der Waals surface area contributed by atoms with Gasteiger partial charge in [0.05, 0.1) is 35.7 Å². The fraction of sp³-hybridized carbons (Fsp3) is 0.600. The van der Waals surface area contributed by atoms with Gasteiger partial charge in [-0.2, -0.15) is 0 Å². The summed E-state index contributed by atoms with van der Waals surface area (Å²) >= 11 is 3.65. The number of fused-ring (bicyclic) bond motifs is 5. The zero-order valence-electron chi connectivity index (χ0n) is 40.5. The zero-order valence-corrected chi connectivity index (χ0v) is 42.1. The van der Waals surface area contributed by atoms with Crippen LogP contribution in [0.1, 0.15) is 162 Å². The third kappa shape index (κ3) is 9.93. The van der Waals surface area contributed by atoms with E-state index >= 15 is 0 Å². The van der Waals surface area contributed by atoms with E-state index < -0.39 is 11.9 Å². The number of benzene rings is 3. The van der Waals surface area contributed by atoms with Gasteiger partial charge in [-0.25, -0.2) is 9.59 Å². The lowest BCUT2D eigenvalue weighted by molar-refractivity contribution is -0.104. The fourth-order valence-corrected chi connectivity index (χ4v) is 14.3. The van der Waals surface area contributed by atoms with Crippen molar-refractivity contribution in [2.45, 2.75) is 138 Å². The number of carbonyl (C=O) groups is 4. The van der Waals surface area contributed by atoms with Crippen molar-refractivity contribution in [3.63, 3.8) is 0 Å². The summed E-state index contributed by atoms with van der Waals surface area (Å²) in [5.74, 6) is 3.10. The van der Waals surface area contributed by atoms with E-state index in [1.165, 1.54) is 44.6 Å². The van der Waals surface area contributed by atoms with E-state index in [0.29, 0.717) is 54.3 Å². The topological polar surface area (TPSA) is 143 Å². The molecule has 4 saturated carbocycles. The largest absolute Gasteiger partial charge is 0.507 e. The van der Waals surface area contributed by atoms with Gasteiger partial charge in [0.15, 0.2) is 11.6 Å². The Morgan fingerprint density at radius 3 is 2.29 bits per heavy atom.